The quantitative estimate of drug-likeness (QED) is 0.410. The Morgan fingerprint density at radius 1 is 0.966 bits per heavy atom. The van der Waals surface area contributed by atoms with Gasteiger partial charge in [0.05, 0.1) is 16.2 Å². The first-order valence-corrected chi connectivity index (χ1v) is 9.82. The summed E-state index contributed by atoms with van der Waals surface area (Å²) in [6, 6.07) is 15.6. The fourth-order valence-electron chi connectivity index (χ4n) is 3.25. The second-order valence-electron chi connectivity index (χ2n) is 6.96. The fraction of sp³-hybridized carbons (Fsp3) is 0.136. The van der Waals surface area contributed by atoms with Crippen molar-refractivity contribution in [1.82, 2.24) is 19.9 Å². The van der Waals surface area contributed by atoms with E-state index in [9.17, 15) is 0 Å². The number of fused-ring (bicyclic) bond motifs is 1. The molecule has 0 unspecified atom stereocenters. The van der Waals surface area contributed by atoms with Crippen molar-refractivity contribution >= 4 is 45.6 Å². The molecule has 0 saturated heterocycles. The van der Waals surface area contributed by atoms with Gasteiger partial charge in [0, 0.05) is 18.1 Å². The van der Waals surface area contributed by atoms with Gasteiger partial charge in [-0.05, 0) is 67.2 Å². The topological polar surface area (TPSA) is 53.9 Å². The van der Waals surface area contributed by atoms with Crippen LogP contribution in [-0.2, 0) is 6.54 Å². The molecule has 4 aromatic rings. The zero-order valence-electron chi connectivity index (χ0n) is 16.0. The molecule has 0 aliphatic heterocycles. The summed E-state index contributed by atoms with van der Waals surface area (Å²) in [5.41, 5.74) is 4.84. The van der Waals surface area contributed by atoms with Crippen molar-refractivity contribution in [3.8, 4) is 11.1 Å². The molecule has 0 fully saturated rings. The number of hydrogen-bond acceptors (Lipinski definition) is 5. The predicted octanol–water partition coefficient (Wildman–Crippen LogP) is 5.80. The third-order valence-electron chi connectivity index (χ3n) is 4.51. The minimum Gasteiger partial charge on any atom is -0.338 e. The third kappa shape index (κ3) is 4.32. The smallest absolute Gasteiger partial charge is 0.141 e. The van der Waals surface area contributed by atoms with Crippen molar-refractivity contribution < 1.29 is 0 Å². The van der Waals surface area contributed by atoms with Crippen molar-refractivity contribution in [2.45, 2.75) is 6.54 Å². The molecule has 2 aromatic carbocycles. The van der Waals surface area contributed by atoms with Gasteiger partial charge in [0.15, 0.2) is 0 Å². The van der Waals surface area contributed by atoms with Gasteiger partial charge >= 0.3 is 0 Å². The van der Waals surface area contributed by atoms with E-state index in [1.807, 2.05) is 50.5 Å². The molecule has 0 bridgehead atoms. The Bertz CT molecular complexity index is 1180. The molecule has 0 spiro atoms. The summed E-state index contributed by atoms with van der Waals surface area (Å²) in [6.45, 7) is 0.756. The van der Waals surface area contributed by atoms with Gasteiger partial charge in [-0.2, -0.15) is 0 Å². The molecule has 0 saturated carbocycles. The summed E-state index contributed by atoms with van der Waals surface area (Å²) in [5.74, 6) is 0.711. The molecule has 1 N–H and O–H groups in total. The van der Waals surface area contributed by atoms with Crippen molar-refractivity contribution in [3.05, 3.63) is 76.8 Å². The van der Waals surface area contributed by atoms with Crippen LogP contribution in [0, 0.1) is 0 Å². The number of nitrogens with one attached hydrogen (secondary N) is 1. The van der Waals surface area contributed by atoms with Gasteiger partial charge in [-0.1, -0.05) is 35.3 Å². The SMILES string of the molecule is CN(C)Cc1cc2c(Nc3ccccc3Cl)ncnc2cc1-c1ccnc(Cl)c1. The molecule has 146 valence electrons. The van der Waals surface area contributed by atoms with Crippen molar-refractivity contribution in [1.29, 1.82) is 0 Å². The number of benzene rings is 2. The van der Waals surface area contributed by atoms with Crippen LogP contribution in [0.3, 0.4) is 0 Å². The number of nitrogens with zero attached hydrogens (tertiary/aromatic N) is 4. The molecule has 4 rings (SSSR count). The summed E-state index contributed by atoms with van der Waals surface area (Å²) in [6.07, 6.45) is 3.27. The number of pyridine rings is 1. The van der Waals surface area contributed by atoms with Crippen LogP contribution in [0.2, 0.25) is 10.2 Å². The number of halogens is 2. The summed E-state index contributed by atoms with van der Waals surface area (Å²) in [7, 11) is 4.08. The van der Waals surface area contributed by atoms with Crippen LogP contribution >= 0.6 is 23.2 Å². The lowest BCUT2D eigenvalue weighted by Crippen LogP contribution is -2.12. The van der Waals surface area contributed by atoms with Crippen molar-refractivity contribution in [2.24, 2.45) is 0 Å². The maximum atomic E-state index is 6.31. The average Bonchev–Trinajstić information content (AvgIpc) is 2.69. The molecule has 7 heteroatoms. The van der Waals surface area contributed by atoms with Crippen LogP contribution in [0.4, 0.5) is 11.5 Å². The van der Waals surface area contributed by atoms with Crippen molar-refractivity contribution in [2.75, 3.05) is 19.4 Å². The number of hydrogen-bond donors (Lipinski definition) is 1. The first kappa shape index (κ1) is 19.6. The van der Waals surface area contributed by atoms with E-state index in [1.165, 1.54) is 0 Å². The second kappa shape index (κ2) is 8.33. The molecular formula is C22H19Cl2N5. The fourth-order valence-corrected chi connectivity index (χ4v) is 3.60. The first-order chi connectivity index (χ1) is 14.0. The Labute approximate surface area is 179 Å². The normalized spacial score (nSPS) is 11.2. The number of aromatic nitrogens is 3. The summed E-state index contributed by atoms with van der Waals surface area (Å²) < 4.78 is 0. The van der Waals surface area contributed by atoms with E-state index in [1.54, 1.807) is 12.5 Å². The Morgan fingerprint density at radius 3 is 2.55 bits per heavy atom. The van der Waals surface area contributed by atoms with Crippen LogP contribution in [0.25, 0.3) is 22.0 Å². The average molecular weight is 424 g/mol. The molecule has 0 amide bonds. The molecule has 5 nitrogen and oxygen atoms in total. The maximum Gasteiger partial charge on any atom is 0.141 e. The second-order valence-corrected chi connectivity index (χ2v) is 7.75. The van der Waals surface area contributed by atoms with Crippen LogP contribution in [0.5, 0.6) is 0 Å². The molecule has 0 aliphatic carbocycles. The standard InChI is InChI=1S/C22H19Cl2N5/c1-29(2)12-15-9-17-20(11-16(15)14-7-8-25-21(24)10-14)26-13-27-22(17)28-19-6-4-3-5-18(19)23/h3-11,13H,12H2,1-2H3,(H,26,27,28). The highest BCUT2D eigenvalue weighted by Gasteiger charge is 2.13. The van der Waals surface area contributed by atoms with E-state index in [2.05, 4.69) is 37.3 Å². The van der Waals surface area contributed by atoms with Gasteiger partial charge in [0.2, 0.25) is 0 Å². The largest absolute Gasteiger partial charge is 0.338 e. The van der Waals surface area contributed by atoms with Crippen LogP contribution in [0.15, 0.2) is 61.1 Å². The first-order valence-electron chi connectivity index (χ1n) is 9.07. The van der Waals surface area contributed by atoms with Crippen LogP contribution in [-0.4, -0.2) is 33.9 Å². The van der Waals surface area contributed by atoms with E-state index in [0.717, 1.165) is 39.8 Å². The summed E-state index contributed by atoms with van der Waals surface area (Å²) in [4.78, 5) is 15.2. The van der Waals surface area contributed by atoms with Gasteiger partial charge in [-0.15, -0.1) is 0 Å². The molecule has 0 radical (unpaired) electrons. The Hall–Kier alpha value is -2.73. The van der Waals surface area contributed by atoms with E-state index in [0.29, 0.717) is 16.0 Å². The highest BCUT2D eigenvalue weighted by Crippen LogP contribution is 2.33. The maximum absolute atomic E-state index is 6.31. The highest BCUT2D eigenvalue weighted by molar-refractivity contribution is 6.33. The summed E-state index contributed by atoms with van der Waals surface area (Å²) >= 11 is 12.4. The van der Waals surface area contributed by atoms with Gasteiger partial charge in [0.1, 0.15) is 17.3 Å². The van der Waals surface area contributed by atoms with Crippen molar-refractivity contribution in [3.63, 3.8) is 0 Å². The molecular weight excluding hydrogens is 405 g/mol. The Kier molecular flexibility index (Phi) is 5.62. The lowest BCUT2D eigenvalue weighted by Gasteiger charge is -2.17. The lowest BCUT2D eigenvalue weighted by molar-refractivity contribution is 0.403. The zero-order chi connectivity index (χ0) is 20.4. The van der Waals surface area contributed by atoms with E-state index < -0.39 is 0 Å². The van der Waals surface area contributed by atoms with Crippen LogP contribution < -0.4 is 5.32 Å². The summed E-state index contributed by atoms with van der Waals surface area (Å²) in [5, 5.41) is 5.36. The molecule has 2 heterocycles. The van der Waals surface area contributed by atoms with Crippen LogP contribution in [0.1, 0.15) is 5.56 Å². The highest BCUT2D eigenvalue weighted by atomic mass is 35.5. The Morgan fingerprint density at radius 2 is 1.79 bits per heavy atom. The minimum atomic E-state index is 0.460. The minimum absolute atomic E-state index is 0.460. The van der Waals surface area contributed by atoms with Gasteiger partial charge in [-0.3, -0.25) is 0 Å². The third-order valence-corrected chi connectivity index (χ3v) is 5.05. The lowest BCUT2D eigenvalue weighted by atomic mass is 9.97. The molecule has 29 heavy (non-hydrogen) atoms. The van der Waals surface area contributed by atoms with E-state index in [4.69, 9.17) is 23.2 Å². The monoisotopic (exact) mass is 423 g/mol. The van der Waals surface area contributed by atoms with Gasteiger partial charge in [0.25, 0.3) is 0 Å². The van der Waals surface area contributed by atoms with E-state index >= 15 is 0 Å². The Balaban J connectivity index is 1.87. The predicted molar refractivity (Wildman–Crippen MR) is 120 cm³/mol. The van der Waals surface area contributed by atoms with E-state index in [-0.39, 0.29) is 0 Å². The number of anilines is 2. The zero-order valence-corrected chi connectivity index (χ0v) is 17.5. The molecule has 0 aliphatic rings. The number of rotatable bonds is 5. The molecule has 0 atom stereocenters. The van der Waals surface area contributed by atoms with Gasteiger partial charge < -0.3 is 10.2 Å². The van der Waals surface area contributed by atoms with Gasteiger partial charge in [-0.25, -0.2) is 15.0 Å². The number of para-hydroxylation sites is 1. The molecule has 2 aromatic heterocycles.